The van der Waals surface area contributed by atoms with Crippen LogP contribution in [-0.4, -0.2) is 35.6 Å². The first-order valence-electron chi connectivity index (χ1n) is 4.84. The summed E-state index contributed by atoms with van der Waals surface area (Å²) in [6.45, 7) is 2.88. The van der Waals surface area contributed by atoms with Crippen molar-refractivity contribution in [2.24, 2.45) is 0 Å². The molecule has 0 spiro atoms. The van der Waals surface area contributed by atoms with Crippen molar-refractivity contribution < 1.29 is 5.11 Å². The third kappa shape index (κ3) is 3.09. The highest BCUT2D eigenvalue weighted by atomic mass is 16.3. The van der Waals surface area contributed by atoms with E-state index in [1.807, 2.05) is 27.1 Å². The van der Waals surface area contributed by atoms with E-state index in [0.29, 0.717) is 0 Å². The van der Waals surface area contributed by atoms with Crippen LogP contribution in [0.2, 0.25) is 0 Å². The highest BCUT2D eigenvalue weighted by Gasteiger charge is 2.10. The van der Waals surface area contributed by atoms with Gasteiger partial charge in [-0.15, -0.1) is 0 Å². The van der Waals surface area contributed by atoms with Crippen molar-refractivity contribution in [1.82, 2.24) is 9.88 Å². The van der Waals surface area contributed by atoms with E-state index in [4.69, 9.17) is 0 Å². The zero-order valence-electron chi connectivity index (χ0n) is 9.07. The molecular weight excluding hydrogens is 176 g/mol. The van der Waals surface area contributed by atoms with E-state index in [1.165, 1.54) is 0 Å². The molecule has 0 aromatic carbocycles. The van der Waals surface area contributed by atoms with Gasteiger partial charge in [0.2, 0.25) is 0 Å². The van der Waals surface area contributed by atoms with Gasteiger partial charge in [-0.3, -0.25) is 4.98 Å². The van der Waals surface area contributed by atoms with Gasteiger partial charge in [-0.2, -0.15) is 0 Å². The number of aliphatic hydroxyl groups excluding tert-OH is 1. The van der Waals surface area contributed by atoms with E-state index in [-0.39, 0.29) is 0 Å². The van der Waals surface area contributed by atoms with Gasteiger partial charge >= 0.3 is 0 Å². The summed E-state index contributed by atoms with van der Waals surface area (Å²) >= 11 is 0. The van der Waals surface area contributed by atoms with Crippen LogP contribution in [0.5, 0.6) is 0 Å². The average molecular weight is 194 g/mol. The topological polar surface area (TPSA) is 36.4 Å². The van der Waals surface area contributed by atoms with E-state index >= 15 is 0 Å². The maximum absolute atomic E-state index is 9.88. The molecule has 3 heteroatoms. The number of hydrogen-bond donors (Lipinski definition) is 1. The van der Waals surface area contributed by atoms with Gasteiger partial charge in [0, 0.05) is 24.5 Å². The molecule has 14 heavy (non-hydrogen) atoms. The fraction of sp³-hybridized carbons (Fsp3) is 0.545. The quantitative estimate of drug-likeness (QED) is 0.786. The summed E-state index contributed by atoms with van der Waals surface area (Å²) in [5.74, 6) is 0. The molecule has 1 rings (SSSR count). The monoisotopic (exact) mass is 194 g/mol. The summed E-state index contributed by atoms with van der Waals surface area (Å²) in [5.41, 5.74) is 2.04. The van der Waals surface area contributed by atoms with Crippen LogP contribution in [0.3, 0.4) is 0 Å². The predicted molar refractivity (Wildman–Crippen MR) is 57.1 cm³/mol. The van der Waals surface area contributed by atoms with Crippen LogP contribution in [0, 0.1) is 6.92 Å². The van der Waals surface area contributed by atoms with Crippen molar-refractivity contribution in [3.05, 3.63) is 29.6 Å². The maximum Gasteiger partial charge on any atom is 0.0819 e. The molecule has 0 amide bonds. The first-order chi connectivity index (χ1) is 6.61. The van der Waals surface area contributed by atoms with Gasteiger partial charge in [-0.05, 0) is 39.1 Å². The Balaban J connectivity index is 2.60. The third-order valence-corrected chi connectivity index (χ3v) is 2.29. The normalized spacial score (nSPS) is 13.2. The van der Waals surface area contributed by atoms with E-state index < -0.39 is 6.10 Å². The molecule has 78 valence electrons. The van der Waals surface area contributed by atoms with E-state index in [0.717, 1.165) is 24.1 Å². The van der Waals surface area contributed by atoms with Gasteiger partial charge in [0.15, 0.2) is 0 Å². The molecule has 0 saturated carbocycles. The largest absolute Gasteiger partial charge is 0.388 e. The number of hydrogen-bond acceptors (Lipinski definition) is 3. The van der Waals surface area contributed by atoms with E-state index in [1.54, 1.807) is 12.4 Å². The molecule has 1 aromatic rings. The van der Waals surface area contributed by atoms with Crippen molar-refractivity contribution in [2.45, 2.75) is 19.4 Å². The highest BCUT2D eigenvalue weighted by Crippen LogP contribution is 2.18. The average Bonchev–Trinajstić information content (AvgIpc) is 2.15. The molecule has 0 aliphatic carbocycles. The maximum atomic E-state index is 9.88. The fourth-order valence-electron chi connectivity index (χ4n) is 1.36. The first kappa shape index (κ1) is 11.1. The van der Waals surface area contributed by atoms with E-state index in [2.05, 4.69) is 9.88 Å². The smallest absolute Gasteiger partial charge is 0.0819 e. The van der Waals surface area contributed by atoms with Gasteiger partial charge in [-0.1, -0.05) is 0 Å². The standard InChI is InChI=1S/C11H18N2O/c1-9-4-6-12-8-10(9)11(14)5-7-13(2)3/h4,6,8,11,14H,5,7H2,1-3H3. The summed E-state index contributed by atoms with van der Waals surface area (Å²) in [5, 5.41) is 9.88. The number of nitrogens with zero attached hydrogens (tertiary/aromatic N) is 2. The lowest BCUT2D eigenvalue weighted by Crippen LogP contribution is -2.16. The summed E-state index contributed by atoms with van der Waals surface area (Å²) in [6.07, 6.45) is 3.85. The van der Waals surface area contributed by atoms with Crippen molar-refractivity contribution in [2.75, 3.05) is 20.6 Å². The number of rotatable bonds is 4. The number of aliphatic hydroxyl groups is 1. The Morgan fingerprint density at radius 2 is 2.21 bits per heavy atom. The summed E-state index contributed by atoms with van der Waals surface area (Å²) < 4.78 is 0. The Morgan fingerprint density at radius 3 is 2.79 bits per heavy atom. The molecule has 0 aliphatic rings. The number of aryl methyl sites for hydroxylation is 1. The van der Waals surface area contributed by atoms with Crippen molar-refractivity contribution >= 4 is 0 Å². The lowest BCUT2D eigenvalue weighted by Gasteiger charge is -2.15. The summed E-state index contributed by atoms with van der Waals surface area (Å²) in [4.78, 5) is 6.08. The zero-order chi connectivity index (χ0) is 10.6. The summed E-state index contributed by atoms with van der Waals surface area (Å²) in [7, 11) is 4.01. The molecule has 1 heterocycles. The van der Waals surface area contributed by atoms with Gasteiger partial charge in [0.05, 0.1) is 6.10 Å². The Labute approximate surface area is 85.4 Å². The molecular formula is C11H18N2O. The fourth-order valence-corrected chi connectivity index (χ4v) is 1.36. The second-order valence-electron chi connectivity index (χ2n) is 3.84. The minimum atomic E-state index is -0.397. The van der Waals surface area contributed by atoms with Crippen molar-refractivity contribution in [3.63, 3.8) is 0 Å². The van der Waals surface area contributed by atoms with Gasteiger partial charge < -0.3 is 10.0 Å². The Morgan fingerprint density at radius 1 is 1.50 bits per heavy atom. The molecule has 0 bridgehead atoms. The molecule has 1 atom stereocenters. The lowest BCUT2D eigenvalue weighted by atomic mass is 10.0. The second kappa shape index (κ2) is 5.08. The molecule has 1 unspecified atom stereocenters. The molecule has 1 aromatic heterocycles. The lowest BCUT2D eigenvalue weighted by molar-refractivity contribution is 0.153. The predicted octanol–water partition coefficient (Wildman–Crippen LogP) is 1.38. The third-order valence-electron chi connectivity index (χ3n) is 2.29. The van der Waals surface area contributed by atoms with Crippen molar-refractivity contribution in [3.8, 4) is 0 Å². The SMILES string of the molecule is Cc1ccncc1C(O)CCN(C)C. The van der Waals surface area contributed by atoms with Crippen LogP contribution in [0.1, 0.15) is 23.7 Å². The van der Waals surface area contributed by atoms with Crippen LogP contribution in [0.15, 0.2) is 18.5 Å². The Bertz CT molecular complexity index is 286. The van der Waals surface area contributed by atoms with Crippen molar-refractivity contribution in [1.29, 1.82) is 0 Å². The molecule has 0 aliphatic heterocycles. The van der Waals surface area contributed by atoms with Crippen LogP contribution in [-0.2, 0) is 0 Å². The number of pyridine rings is 1. The van der Waals surface area contributed by atoms with Crippen LogP contribution in [0.25, 0.3) is 0 Å². The second-order valence-corrected chi connectivity index (χ2v) is 3.84. The Hall–Kier alpha value is -0.930. The molecule has 0 radical (unpaired) electrons. The van der Waals surface area contributed by atoms with Crippen LogP contribution >= 0.6 is 0 Å². The first-order valence-corrected chi connectivity index (χ1v) is 4.84. The van der Waals surface area contributed by atoms with Crippen LogP contribution in [0.4, 0.5) is 0 Å². The minimum Gasteiger partial charge on any atom is -0.388 e. The molecule has 1 N–H and O–H groups in total. The highest BCUT2D eigenvalue weighted by molar-refractivity contribution is 5.23. The Kier molecular flexibility index (Phi) is 4.04. The minimum absolute atomic E-state index is 0.397. The van der Waals surface area contributed by atoms with Gasteiger partial charge in [0.1, 0.15) is 0 Å². The van der Waals surface area contributed by atoms with Crippen LogP contribution < -0.4 is 0 Å². The van der Waals surface area contributed by atoms with E-state index in [9.17, 15) is 5.11 Å². The molecule has 3 nitrogen and oxygen atoms in total. The summed E-state index contributed by atoms with van der Waals surface area (Å²) in [6, 6.07) is 1.92. The van der Waals surface area contributed by atoms with Gasteiger partial charge in [-0.25, -0.2) is 0 Å². The molecule has 0 fully saturated rings. The van der Waals surface area contributed by atoms with Gasteiger partial charge in [0.25, 0.3) is 0 Å². The number of aromatic nitrogens is 1. The molecule has 0 saturated heterocycles. The zero-order valence-corrected chi connectivity index (χ0v) is 9.07.